The first-order valence-corrected chi connectivity index (χ1v) is 6.89. The van der Waals surface area contributed by atoms with Crippen LogP contribution in [-0.4, -0.2) is 10.8 Å². The molecule has 1 N–H and O–H groups in total. The molecule has 0 atom stereocenters. The van der Waals surface area contributed by atoms with E-state index in [9.17, 15) is 4.79 Å². The van der Waals surface area contributed by atoms with Crippen molar-refractivity contribution in [3.05, 3.63) is 69.3 Å². The zero-order valence-electron chi connectivity index (χ0n) is 9.78. The van der Waals surface area contributed by atoms with Crippen LogP contribution in [0, 0.1) is 0 Å². The van der Waals surface area contributed by atoms with Crippen molar-refractivity contribution in [1.82, 2.24) is 4.98 Å². The number of nitrogens with one attached hydrogen (secondary N) is 1. The standard InChI is InChI=1S/C15H9BrClNO/c16-10-3-6-14-12(7-10)13(8-18-14)15(19)9-1-4-11(17)5-2-9/h1-8,18H. The van der Waals surface area contributed by atoms with Gasteiger partial charge in [-0.3, -0.25) is 4.79 Å². The van der Waals surface area contributed by atoms with Gasteiger partial charge in [0.25, 0.3) is 0 Å². The van der Waals surface area contributed by atoms with Crippen LogP contribution in [0.25, 0.3) is 10.9 Å². The van der Waals surface area contributed by atoms with Gasteiger partial charge in [-0.15, -0.1) is 0 Å². The van der Waals surface area contributed by atoms with Gasteiger partial charge in [0, 0.05) is 37.7 Å². The summed E-state index contributed by atoms with van der Waals surface area (Å²) in [4.78, 5) is 15.6. The van der Waals surface area contributed by atoms with Crippen LogP contribution in [0.5, 0.6) is 0 Å². The zero-order valence-corrected chi connectivity index (χ0v) is 12.1. The highest BCUT2D eigenvalue weighted by Crippen LogP contribution is 2.25. The average Bonchev–Trinajstić information content (AvgIpc) is 2.81. The van der Waals surface area contributed by atoms with Gasteiger partial charge in [0.2, 0.25) is 0 Å². The van der Waals surface area contributed by atoms with E-state index in [1.165, 1.54) is 0 Å². The molecule has 94 valence electrons. The van der Waals surface area contributed by atoms with Gasteiger partial charge in [-0.1, -0.05) is 27.5 Å². The van der Waals surface area contributed by atoms with E-state index in [0.29, 0.717) is 16.1 Å². The molecule has 2 nitrogen and oxygen atoms in total. The first-order valence-electron chi connectivity index (χ1n) is 5.72. The first kappa shape index (κ1) is 12.5. The fourth-order valence-corrected chi connectivity index (χ4v) is 2.52. The van der Waals surface area contributed by atoms with Crippen LogP contribution in [0.4, 0.5) is 0 Å². The Balaban J connectivity index is 2.11. The van der Waals surface area contributed by atoms with Crippen LogP contribution in [0.3, 0.4) is 0 Å². The number of ketones is 1. The van der Waals surface area contributed by atoms with Gasteiger partial charge in [0.05, 0.1) is 0 Å². The third-order valence-corrected chi connectivity index (χ3v) is 3.74. The van der Waals surface area contributed by atoms with E-state index >= 15 is 0 Å². The molecular formula is C15H9BrClNO. The lowest BCUT2D eigenvalue weighted by atomic mass is 10.0. The lowest BCUT2D eigenvalue weighted by Crippen LogP contribution is -1.99. The molecule has 0 spiro atoms. The minimum Gasteiger partial charge on any atom is -0.360 e. The number of fused-ring (bicyclic) bond motifs is 1. The highest BCUT2D eigenvalue weighted by Gasteiger charge is 2.14. The van der Waals surface area contributed by atoms with Crippen LogP contribution < -0.4 is 0 Å². The molecule has 0 bridgehead atoms. The number of rotatable bonds is 2. The summed E-state index contributed by atoms with van der Waals surface area (Å²) in [6, 6.07) is 12.7. The Kier molecular flexibility index (Phi) is 3.17. The van der Waals surface area contributed by atoms with Gasteiger partial charge < -0.3 is 4.98 Å². The van der Waals surface area contributed by atoms with Crippen LogP contribution >= 0.6 is 27.5 Å². The Hall–Kier alpha value is -1.58. The molecule has 0 fully saturated rings. The van der Waals surface area contributed by atoms with Gasteiger partial charge in [-0.25, -0.2) is 0 Å². The Morgan fingerprint density at radius 1 is 1.11 bits per heavy atom. The quantitative estimate of drug-likeness (QED) is 0.670. The van der Waals surface area contributed by atoms with E-state index in [1.54, 1.807) is 30.5 Å². The van der Waals surface area contributed by atoms with Crippen molar-refractivity contribution in [2.75, 3.05) is 0 Å². The lowest BCUT2D eigenvalue weighted by molar-refractivity contribution is 0.104. The van der Waals surface area contributed by atoms with Crippen LogP contribution in [0.2, 0.25) is 5.02 Å². The number of carbonyl (C=O) groups excluding carboxylic acids is 1. The number of hydrogen-bond acceptors (Lipinski definition) is 1. The molecule has 3 rings (SSSR count). The molecular weight excluding hydrogens is 326 g/mol. The van der Waals surface area contributed by atoms with Gasteiger partial charge in [-0.05, 0) is 42.5 Å². The summed E-state index contributed by atoms with van der Waals surface area (Å²) in [7, 11) is 0. The fourth-order valence-electron chi connectivity index (χ4n) is 2.04. The van der Waals surface area contributed by atoms with Crippen molar-refractivity contribution >= 4 is 44.2 Å². The molecule has 1 aromatic heterocycles. The summed E-state index contributed by atoms with van der Waals surface area (Å²) >= 11 is 9.26. The van der Waals surface area contributed by atoms with Gasteiger partial charge in [0.1, 0.15) is 0 Å². The minimum absolute atomic E-state index is 0.0129. The van der Waals surface area contributed by atoms with Crippen molar-refractivity contribution in [3.8, 4) is 0 Å². The molecule has 3 aromatic rings. The normalized spacial score (nSPS) is 10.8. The topological polar surface area (TPSA) is 32.9 Å². The second-order valence-electron chi connectivity index (χ2n) is 4.23. The van der Waals surface area contributed by atoms with Gasteiger partial charge in [-0.2, -0.15) is 0 Å². The van der Waals surface area contributed by atoms with E-state index in [0.717, 1.165) is 15.4 Å². The Bertz CT molecular complexity index is 761. The second-order valence-corrected chi connectivity index (χ2v) is 5.58. The molecule has 19 heavy (non-hydrogen) atoms. The molecule has 4 heteroatoms. The Labute approximate surface area is 123 Å². The van der Waals surface area contributed by atoms with Crippen molar-refractivity contribution < 1.29 is 4.79 Å². The van der Waals surface area contributed by atoms with Crippen molar-refractivity contribution in [3.63, 3.8) is 0 Å². The third-order valence-electron chi connectivity index (χ3n) is 2.99. The maximum Gasteiger partial charge on any atom is 0.195 e. The fraction of sp³-hybridized carbons (Fsp3) is 0. The molecule has 0 radical (unpaired) electrons. The monoisotopic (exact) mass is 333 g/mol. The Morgan fingerprint density at radius 2 is 1.84 bits per heavy atom. The Morgan fingerprint density at radius 3 is 2.58 bits per heavy atom. The van der Waals surface area contributed by atoms with Crippen LogP contribution in [0.1, 0.15) is 15.9 Å². The summed E-state index contributed by atoms with van der Waals surface area (Å²) in [6.45, 7) is 0. The molecule has 2 aromatic carbocycles. The SMILES string of the molecule is O=C(c1ccc(Cl)cc1)c1c[nH]c2ccc(Br)cc12. The molecule has 0 aliphatic heterocycles. The lowest BCUT2D eigenvalue weighted by Gasteiger charge is -2.00. The van der Waals surface area contributed by atoms with E-state index in [4.69, 9.17) is 11.6 Å². The van der Waals surface area contributed by atoms with Crippen molar-refractivity contribution in [1.29, 1.82) is 0 Å². The number of halogens is 2. The van der Waals surface area contributed by atoms with E-state index in [2.05, 4.69) is 20.9 Å². The number of aromatic amines is 1. The van der Waals surface area contributed by atoms with Crippen molar-refractivity contribution in [2.45, 2.75) is 0 Å². The first-order chi connectivity index (χ1) is 9.15. The summed E-state index contributed by atoms with van der Waals surface area (Å²) < 4.78 is 0.949. The molecule has 0 amide bonds. The maximum atomic E-state index is 12.5. The van der Waals surface area contributed by atoms with E-state index in [-0.39, 0.29) is 5.78 Å². The zero-order chi connectivity index (χ0) is 13.4. The largest absolute Gasteiger partial charge is 0.360 e. The minimum atomic E-state index is -0.0129. The molecule has 1 heterocycles. The molecule has 0 saturated heterocycles. The highest BCUT2D eigenvalue weighted by molar-refractivity contribution is 9.10. The van der Waals surface area contributed by atoms with Crippen molar-refractivity contribution in [2.24, 2.45) is 0 Å². The number of benzene rings is 2. The number of H-pyrrole nitrogens is 1. The summed E-state index contributed by atoms with van der Waals surface area (Å²) in [6.07, 6.45) is 1.74. The number of hydrogen-bond donors (Lipinski definition) is 1. The van der Waals surface area contributed by atoms with Crippen LogP contribution in [0.15, 0.2) is 53.1 Å². The van der Waals surface area contributed by atoms with Gasteiger partial charge >= 0.3 is 0 Å². The number of aromatic nitrogens is 1. The predicted octanol–water partition coefficient (Wildman–Crippen LogP) is 4.81. The third kappa shape index (κ3) is 2.31. The maximum absolute atomic E-state index is 12.5. The highest BCUT2D eigenvalue weighted by atomic mass is 79.9. The molecule has 0 aliphatic rings. The molecule has 0 saturated carbocycles. The summed E-state index contributed by atoms with van der Waals surface area (Å²) in [5.41, 5.74) is 2.24. The smallest absolute Gasteiger partial charge is 0.195 e. The molecule has 0 aliphatic carbocycles. The number of carbonyl (C=O) groups is 1. The average molecular weight is 335 g/mol. The summed E-state index contributed by atoms with van der Waals surface area (Å²) in [5.74, 6) is -0.0129. The second kappa shape index (κ2) is 4.83. The predicted molar refractivity (Wildman–Crippen MR) is 80.9 cm³/mol. The van der Waals surface area contributed by atoms with E-state index in [1.807, 2.05) is 18.2 Å². The summed E-state index contributed by atoms with van der Waals surface area (Å²) in [5, 5.41) is 1.53. The van der Waals surface area contributed by atoms with Crippen LogP contribution in [-0.2, 0) is 0 Å². The van der Waals surface area contributed by atoms with Gasteiger partial charge in [0.15, 0.2) is 5.78 Å². The molecule has 0 unspecified atom stereocenters. The van der Waals surface area contributed by atoms with E-state index < -0.39 is 0 Å².